The number of aromatic nitrogens is 1. The van der Waals surface area contributed by atoms with Crippen molar-refractivity contribution in [1.82, 2.24) is 4.57 Å². The molecule has 1 aromatic carbocycles. The second-order valence-corrected chi connectivity index (χ2v) is 7.67. The molecule has 0 amide bonds. The third-order valence-corrected chi connectivity index (χ3v) is 5.32. The molecule has 0 spiro atoms. The molecule has 3 rings (SSSR count). The largest absolute Gasteiger partial charge is 0.485 e. The van der Waals surface area contributed by atoms with Crippen LogP contribution in [-0.2, 0) is 11.2 Å². The van der Waals surface area contributed by atoms with Gasteiger partial charge in [-0.2, -0.15) is 0 Å². The van der Waals surface area contributed by atoms with Crippen molar-refractivity contribution in [2.24, 2.45) is 0 Å². The molecule has 0 fully saturated rings. The first-order valence-electron chi connectivity index (χ1n) is 10.3. The number of ether oxygens (including phenoxy) is 2. The highest BCUT2D eigenvalue weighted by Crippen LogP contribution is 2.25. The molecule has 3 aromatic rings. The Hall–Kier alpha value is -2.86. The number of nitrogens with zero attached hydrogens (tertiary/aromatic N) is 1. The number of rotatable bonds is 9. The molecule has 2 aromatic heterocycles. The van der Waals surface area contributed by atoms with Crippen molar-refractivity contribution in [3.05, 3.63) is 63.3 Å². The summed E-state index contributed by atoms with van der Waals surface area (Å²) in [6, 6.07) is 8.92. The van der Waals surface area contributed by atoms with Crippen molar-refractivity contribution in [3.63, 3.8) is 0 Å². The maximum atomic E-state index is 12.8. The lowest BCUT2D eigenvalue weighted by Gasteiger charge is -2.17. The van der Waals surface area contributed by atoms with E-state index >= 15 is 0 Å². The van der Waals surface area contributed by atoms with Crippen molar-refractivity contribution < 1.29 is 18.7 Å². The molecule has 6 nitrogen and oxygen atoms in total. The summed E-state index contributed by atoms with van der Waals surface area (Å²) in [6.07, 6.45) is 1.74. The maximum Gasteiger partial charge on any atom is 0.336 e. The van der Waals surface area contributed by atoms with Gasteiger partial charge in [0.25, 0.3) is 0 Å². The Morgan fingerprint density at radius 3 is 2.67 bits per heavy atom. The van der Waals surface area contributed by atoms with Gasteiger partial charge in [-0.3, -0.25) is 4.79 Å². The first-order chi connectivity index (χ1) is 14.3. The minimum absolute atomic E-state index is 0.0899. The predicted molar refractivity (Wildman–Crippen MR) is 117 cm³/mol. The Kier molecular flexibility index (Phi) is 6.77. The molecule has 0 bridgehead atoms. The van der Waals surface area contributed by atoms with E-state index in [2.05, 4.69) is 18.4 Å². The normalized spacial score (nSPS) is 12.3. The Bertz CT molecular complexity index is 1110. The lowest BCUT2D eigenvalue weighted by molar-refractivity contribution is 0.0920. The molecule has 2 heterocycles. The minimum Gasteiger partial charge on any atom is -0.485 e. The molecule has 0 N–H and O–H groups in total. The van der Waals surface area contributed by atoms with Crippen LogP contribution in [0.2, 0.25) is 0 Å². The number of ketones is 1. The molecule has 6 heteroatoms. The van der Waals surface area contributed by atoms with Crippen LogP contribution in [-0.4, -0.2) is 30.7 Å². The molecular formula is C24H29NO5. The zero-order valence-electron chi connectivity index (χ0n) is 18.3. The molecular weight excluding hydrogens is 382 g/mol. The van der Waals surface area contributed by atoms with Gasteiger partial charge in [-0.15, -0.1) is 0 Å². The summed E-state index contributed by atoms with van der Waals surface area (Å²) in [5.74, 6) is 0.398. The van der Waals surface area contributed by atoms with Gasteiger partial charge in [0, 0.05) is 41.6 Å². The highest BCUT2D eigenvalue weighted by atomic mass is 16.5. The van der Waals surface area contributed by atoms with Gasteiger partial charge < -0.3 is 18.5 Å². The minimum atomic E-state index is -0.378. The first kappa shape index (κ1) is 21.8. The van der Waals surface area contributed by atoms with Crippen LogP contribution in [0.25, 0.3) is 11.0 Å². The van der Waals surface area contributed by atoms with Crippen LogP contribution >= 0.6 is 0 Å². The monoisotopic (exact) mass is 411 g/mol. The second kappa shape index (κ2) is 9.30. The molecule has 1 atom stereocenters. The van der Waals surface area contributed by atoms with Crippen LogP contribution in [0.1, 0.15) is 53.6 Å². The quantitative estimate of drug-likeness (QED) is 0.379. The smallest absolute Gasteiger partial charge is 0.336 e. The molecule has 0 radical (unpaired) electrons. The highest BCUT2D eigenvalue weighted by molar-refractivity contribution is 5.98. The third kappa shape index (κ3) is 4.49. The summed E-state index contributed by atoms with van der Waals surface area (Å²) in [7, 11) is 1.67. The van der Waals surface area contributed by atoms with E-state index in [-0.39, 0.29) is 24.1 Å². The van der Waals surface area contributed by atoms with Gasteiger partial charge in [-0.1, -0.05) is 13.3 Å². The fraction of sp³-hybridized carbons (Fsp3) is 0.417. The molecule has 1 unspecified atom stereocenters. The van der Waals surface area contributed by atoms with E-state index in [4.69, 9.17) is 13.9 Å². The van der Waals surface area contributed by atoms with E-state index in [0.29, 0.717) is 23.5 Å². The topological polar surface area (TPSA) is 70.7 Å². The Morgan fingerprint density at radius 1 is 1.20 bits per heavy atom. The van der Waals surface area contributed by atoms with Gasteiger partial charge in [-0.25, -0.2) is 4.79 Å². The van der Waals surface area contributed by atoms with Crippen molar-refractivity contribution in [2.45, 2.75) is 46.6 Å². The summed E-state index contributed by atoms with van der Waals surface area (Å²) in [6.45, 7) is 8.53. The molecule has 0 aliphatic heterocycles. The first-order valence-corrected chi connectivity index (χ1v) is 10.3. The number of benzene rings is 1. The number of methoxy groups -OCH3 is 1. The molecule has 160 valence electrons. The number of carbonyl (C=O) groups is 1. The summed E-state index contributed by atoms with van der Waals surface area (Å²) in [4.78, 5) is 24.6. The van der Waals surface area contributed by atoms with E-state index in [1.807, 2.05) is 26.0 Å². The highest BCUT2D eigenvalue weighted by Gasteiger charge is 2.19. The standard InChI is InChI=1S/C24H29NO5/c1-6-7-18-11-24(27)30-23-12-19(8-9-20(18)23)29-14-22(26)21-10-15(2)25(17(21)4)16(3)13-28-5/h8-12,16H,6-7,13-14H2,1-5H3. The summed E-state index contributed by atoms with van der Waals surface area (Å²) < 4.78 is 18.4. The number of fused-ring (bicyclic) bond motifs is 1. The van der Waals surface area contributed by atoms with Gasteiger partial charge in [-0.05, 0) is 51.0 Å². The SMILES string of the molecule is CCCc1cc(=O)oc2cc(OCC(=O)c3cc(C)n(C(C)COC)c3C)ccc12. The second-order valence-electron chi connectivity index (χ2n) is 7.67. The van der Waals surface area contributed by atoms with E-state index in [0.717, 1.165) is 35.2 Å². The number of hydrogen-bond donors (Lipinski definition) is 0. The van der Waals surface area contributed by atoms with Gasteiger partial charge >= 0.3 is 5.63 Å². The summed E-state index contributed by atoms with van der Waals surface area (Å²) in [5.41, 5.74) is 3.62. The van der Waals surface area contributed by atoms with Crippen molar-refractivity contribution in [3.8, 4) is 5.75 Å². The number of hydrogen-bond acceptors (Lipinski definition) is 5. The average Bonchev–Trinajstić information content (AvgIpc) is 3.00. The van der Waals surface area contributed by atoms with Crippen LogP contribution in [0, 0.1) is 13.8 Å². The number of aryl methyl sites for hydroxylation is 2. The van der Waals surface area contributed by atoms with Crippen LogP contribution in [0.5, 0.6) is 5.75 Å². The van der Waals surface area contributed by atoms with Crippen LogP contribution in [0.4, 0.5) is 0 Å². The molecule has 0 aliphatic carbocycles. The number of Topliss-reactive ketones (excluding diaryl/α,β-unsaturated/α-hetero) is 1. The van der Waals surface area contributed by atoms with Gasteiger partial charge in [0.2, 0.25) is 5.78 Å². The van der Waals surface area contributed by atoms with Gasteiger partial charge in [0.15, 0.2) is 6.61 Å². The van der Waals surface area contributed by atoms with E-state index in [1.54, 1.807) is 19.2 Å². The Balaban J connectivity index is 1.79. The van der Waals surface area contributed by atoms with Crippen LogP contribution in [0.3, 0.4) is 0 Å². The Labute approximate surface area is 176 Å². The van der Waals surface area contributed by atoms with Gasteiger partial charge in [0.05, 0.1) is 12.6 Å². The van der Waals surface area contributed by atoms with Gasteiger partial charge in [0.1, 0.15) is 11.3 Å². The zero-order chi connectivity index (χ0) is 21.8. The summed E-state index contributed by atoms with van der Waals surface area (Å²) >= 11 is 0. The fourth-order valence-corrected chi connectivity index (χ4v) is 4.06. The third-order valence-electron chi connectivity index (χ3n) is 5.32. The molecule has 0 aliphatic rings. The average molecular weight is 411 g/mol. The number of carbonyl (C=O) groups excluding carboxylic acids is 1. The van der Waals surface area contributed by atoms with E-state index in [9.17, 15) is 9.59 Å². The summed E-state index contributed by atoms with van der Waals surface area (Å²) in [5, 5.41) is 0.894. The fourth-order valence-electron chi connectivity index (χ4n) is 4.06. The Morgan fingerprint density at radius 2 is 1.97 bits per heavy atom. The van der Waals surface area contributed by atoms with Crippen LogP contribution in [0.15, 0.2) is 39.5 Å². The molecule has 30 heavy (non-hydrogen) atoms. The van der Waals surface area contributed by atoms with Crippen molar-refractivity contribution >= 4 is 16.8 Å². The molecule has 0 saturated heterocycles. The maximum absolute atomic E-state index is 12.8. The lowest BCUT2D eigenvalue weighted by Crippen LogP contribution is -2.16. The predicted octanol–water partition coefficient (Wildman–Crippen LogP) is 4.63. The van der Waals surface area contributed by atoms with Crippen molar-refractivity contribution in [1.29, 1.82) is 0 Å². The zero-order valence-corrected chi connectivity index (χ0v) is 18.3. The lowest BCUT2D eigenvalue weighted by atomic mass is 10.1. The molecule has 0 saturated carbocycles. The van der Waals surface area contributed by atoms with E-state index < -0.39 is 0 Å². The van der Waals surface area contributed by atoms with Crippen LogP contribution < -0.4 is 10.4 Å². The van der Waals surface area contributed by atoms with E-state index in [1.165, 1.54) is 6.07 Å². The van der Waals surface area contributed by atoms with Crippen molar-refractivity contribution in [2.75, 3.05) is 20.3 Å².